The molecule has 0 unspecified atom stereocenters. The SMILES string of the molecule is CN(C)c1nc(CC(=O)c2ccccc2)no1. The number of hydrogen-bond acceptors (Lipinski definition) is 5. The van der Waals surface area contributed by atoms with Crippen molar-refractivity contribution in [3.63, 3.8) is 0 Å². The highest BCUT2D eigenvalue weighted by atomic mass is 16.5. The van der Waals surface area contributed by atoms with Crippen LogP contribution in [0.2, 0.25) is 0 Å². The van der Waals surface area contributed by atoms with Crippen LogP contribution >= 0.6 is 0 Å². The molecule has 0 saturated carbocycles. The van der Waals surface area contributed by atoms with Crippen LogP contribution in [0.15, 0.2) is 34.9 Å². The van der Waals surface area contributed by atoms with Crippen LogP contribution in [-0.2, 0) is 6.42 Å². The van der Waals surface area contributed by atoms with Crippen LogP contribution < -0.4 is 4.90 Å². The van der Waals surface area contributed by atoms with E-state index in [-0.39, 0.29) is 12.2 Å². The molecule has 0 aliphatic carbocycles. The molecule has 2 aromatic rings. The Hall–Kier alpha value is -2.17. The first-order valence-electron chi connectivity index (χ1n) is 5.25. The molecule has 0 radical (unpaired) electrons. The summed E-state index contributed by atoms with van der Waals surface area (Å²) in [6, 6.07) is 9.48. The van der Waals surface area contributed by atoms with Gasteiger partial charge in [0.25, 0.3) is 0 Å². The average molecular weight is 231 g/mol. The lowest BCUT2D eigenvalue weighted by atomic mass is 10.1. The number of aromatic nitrogens is 2. The van der Waals surface area contributed by atoms with E-state index in [1.54, 1.807) is 31.1 Å². The van der Waals surface area contributed by atoms with Gasteiger partial charge in [0, 0.05) is 19.7 Å². The number of anilines is 1. The van der Waals surface area contributed by atoms with Crippen LogP contribution in [0.25, 0.3) is 0 Å². The number of benzene rings is 1. The Bertz CT molecular complexity index is 505. The largest absolute Gasteiger partial charge is 0.331 e. The van der Waals surface area contributed by atoms with E-state index in [9.17, 15) is 4.79 Å². The zero-order chi connectivity index (χ0) is 12.3. The Morgan fingerprint density at radius 1 is 1.29 bits per heavy atom. The number of carbonyl (C=O) groups is 1. The van der Waals surface area contributed by atoms with Crippen LogP contribution in [0.4, 0.5) is 6.01 Å². The summed E-state index contributed by atoms with van der Waals surface area (Å²) in [5.74, 6) is 0.388. The van der Waals surface area contributed by atoms with Gasteiger partial charge in [-0.1, -0.05) is 35.5 Å². The predicted octanol–water partition coefficient (Wildman–Crippen LogP) is 1.56. The molecule has 0 N–H and O–H groups in total. The first-order valence-corrected chi connectivity index (χ1v) is 5.25. The van der Waals surface area contributed by atoms with Gasteiger partial charge in [-0.3, -0.25) is 4.79 Å². The minimum absolute atomic E-state index is 0.0169. The quantitative estimate of drug-likeness (QED) is 0.747. The van der Waals surface area contributed by atoms with Crippen LogP contribution in [0.1, 0.15) is 16.2 Å². The molecule has 88 valence electrons. The van der Waals surface area contributed by atoms with Crippen LogP contribution in [0.3, 0.4) is 0 Å². The normalized spacial score (nSPS) is 10.2. The van der Waals surface area contributed by atoms with Crippen LogP contribution in [0.5, 0.6) is 0 Å². The van der Waals surface area contributed by atoms with Gasteiger partial charge in [0.1, 0.15) is 0 Å². The molecule has 1 aromatic heterocycles. The van der Waals surface area contributed by atoms with Crippen molar-refractivity contribution in [1.82, 2.24) is 10.1 Å². The number of Topliss-reactive ketones (excluding diaryl/α,β-unsaturated/α-hetero) is 1. The number of carbonyl (C=O) groups excluding carboxylic acids is 1. The summed E-state index contributed by atoms with van der Waals surface area (Å²) in [7, 11) is 3.60. The van der Waals surface area contributed by atoms with Gasteiger partial charge in [-0.2, -0.15) is 4.98 Å². The van der Waals surface area contributed by atoms with Crippen molar-refractivity contribution in [1.29, 1.82) is 0 Å². The van der Waals surface area contributed by atoms with Gasteiger partial charge in [0.2, 0.25) is 0 Å². The van der Waals surface area contributed by atoms with Gasteiger partial charge in [0.15, 0.2) is 11.6 Å². The minimum atomic E-state index is -0.0169. The molecular weight excluding hydrogens is 218 g/mol. The third kappa shape index (κ3) is 2.69. The molecule has 0 fully saturated rings. The summed E-state index contributed by atoms with van der Waals surface area (Å²) >= 11 is 0. The monoisotopic (exact) mass is 231 g/mol. The zero-order valence-electron chi connectivity index (χ0n) is 9.75. The van der Waals surface area contributed by atoms with Crippen LogP contribution in [-0.4, -0.2) is 30.0 Å². The van der Waals surface area contributed by atoms with Crippen molar-refractivity contribution in [2.75, 3.05) is 19.0 Å². The Labute approximate surface area is 99.1 Å². The molecule has 2 rings (SSSR count). The van der Waals surface area contributed by atoms with E-state index in [0.29, 0.717) is 17.4 Å². The second kappa shape index (κ2) is 4.78. The van der Waals surface area contributed by atoms with E-state index >= 15 is 0 Å². The molecule has 0 amide bonds. The van der Waals surface area contributed by atoms with Crippen LogP contribution in [0, 0.1) is 0 Å². The standard InChI is InChI=1S/C12H13N3O2/c1-15(2)12-13-11(14-17-12)8-10(16)9-6-4-3-5-7-9/h3-7H,8H2,1-2H3. The van der Waals surface area contributed by atoms with E-state index in [2.05, 4.69) is 10.1 Å². The topological polar surface area (TPSA) is 59.2 Å². The van der Waals surface area contributed by atoms with E-state index in [1.807, 2.05) is 18.2 Å². The van der Waals surface area contributed by atoms with E-state index < -0.39 is 0 Å². The molecule has 0 bridgehead atoms. The molecule has 1 heterocycles. The second-order valence-electron chi connectivity index (χ2n) is 3.85. The fourth-order valence-corrected chi connectivity index (χ4v) is 1.37. The highest BCUT2D eigenvalue weighted by Crippen LogP contribution is 2.09. The maximum absolute atomic E-state index is 11.9. The molecular formula is C12H13N3O2. The minimum Gasteiger partial charge on any atom is -0.331 e. The fraction of sp³-hybridized carbons (Fsp3) is 0.250. The summed E-state index contributed by atoms with van der Waals surface area (Å²) in [4.78, 5) is 17.7. The third-order valence-electron chi connectivity index (χ3n) is 2.25. The Kier molecular flexibility index (Phi) is 3.18. The number of nitrogens with zero attached hydrogens (tertiary/aromatic N) is 3. The van der Waals surface area contributed by atoms with Crippen molar-refractivity contribution in [3.8, 4) is 0 Å². The molecule has 1 aromatic carbocycles. The van der Waals surface area contributed by atoms with E-state index in [0.717, 1.165) is 0 Å². The van der Waals surface area contributed by atoms with Gasteiger partial charge < -0.3 is 9.42 Å². The lowest BCUT2D eigenvalue weighted by Gasteiger charge is -2.01. The van der Waals surface area contributed by atoms with Crippen molar-refractivity contribution in [3.05, 3.63) is 41.7 Å². The molecule has 0 spiro atoms. The summed E-state index contributed by atoms with van der Waals surface area (Å²) < 4.78 is 4.98. The average Bonchev–Trinajstić information content (AvgIpc) is 2.79. The molecule has 5 nitrogen and oxygen atoms in total. The summed E-state index contributed by atoms with van der Waals surface area (Å²) in [6.45, 7) is 0. The smallest absolute Gasteiger partial charge is 0.323 e. The summed E-state index contributed by atoms with van der Waals surface area (Å²) in [6.07, 6.45) is 0.154. The summed E-state index contributed by atoms with van der Waals surface area (Å²) in [5.41, 5.74) is 0.656. The van der Waals surface area contributed by atoms with Gasteiger partial charge >= 0.3 is 6.01 Å². The van der Waals surface area contributed by atoms with E-state index in [1.165, 1.54) is 0 Å². The highest BCUT2D eigenvalue weighted by Gasteiger charge is 2.13. The Balaban J connectivity index is 2.08. The predicted molar refractivity (Wildman–Crippen MR) is 63.1 cm³/mol. The second-order valence-corrected chi connectivity index (χ2v) is 3.85. The van der Waals surface area contributed by atoms with E-state index in [4.69, 9.17) is 4.52 Å². The lowest BCUT2D eigenvalue weighted by molar-refractivity contribution is 0.0990. The Morgan fingerprint density at radius 3 is 2.59 bits per heavy atom. The number of rotatable bonds is 4. The molecule has 0 atom stereocenters. The number of hydrogen-bond donors (Lipinski definition) is 0. The van der Waals surface area contributed by atoms with Crippen molar-refractivity contribution in [2.24, 2.45) is 0 Å². The first-order chi connectivity index (χ1) is 8.16. The summed E-state index contributed by atoms with van der Waals surface area (Å²) in [5, 5.41) is 3.75. The maximum atomic E-state index is 11.9. The zero-order valence-corrected chi connectivity index (χ0v) is 9.75. The first kappa shape index (κ1) is 11.3. The molecule has 0 aliphatic rings. The molecule has 0 saturated heterocycles. The lowest BCUT2D eigenvalue weighted by Crippen LogP contribution is -2.09. The Morgan fingerprint density at radius 2 is 2.00 bits per heavy atom. The van der Waals surface area contributed by atoms with Gasteiger partial charge in [0.05, 0.1) is 6.42 Å². The van der Waals surface area contributed by atoms with Gasteiger partial charge in [-0.25, -0.2) is 0 Å². The van der Waals surface area contributed by atoms with Crippen molar-refractivity contribution in [2.45, 2.75) is 6.42 Å². The molecule has 5 heteroatoms. The highest BCUT2D eigenvalue weighted by molar-refractivity contribution is 5.97. The van der Waals surface area contributed by atoms with Crippen molar-refractivity contribution >= 4 is 11.8 Å². The molecule has 0 aliphatic heterocycles. The number of ketones is 1. The molecule has 17 heavy (non-hydrogen) atoms. The third-order valence-corrected chi connectivity index (χ3v) is 2.25. The fourth-order valence-electron chi connectivity index (χ4n) is 1.37. The maximum Gasteiger partial charge on any atom is 0.323 e. The van der Waals surface area contributed by atoms with Crippen molar-refractivity contribution < 1.29 is 9.32 Å². The van der Waals surface area contributed by atoms with Gasteiger partial charge in [-0.05, 0) is 0 Å². The van der Waals surface area contributed by atoms with Gasteiger partial charge in [-0.15, -0.1) is 0 Å².